The fraction of sp³-hybridized carbons (Fsp3) is 0.600. The van der Waals surface area contributed by atoms with Crippen molar-refractivity contribution in [2.45, 2.75) is 57.6 Å². The summed E-state index contributed by atoms with van der Waals surface area (Å²) in [6.45, 7) is 1.35. The van der Waals surface area contributed by atoms with Crippen LogP contribution in [-0.2, 0) is 17.6 Å². The lowest BCUT2D eigenvalue weighted by Crippen LogP contribution is -2.47. The van der Waals surface area contributed by atoms with E-state index in [0.29, 0.717) is 4.88 Å². The highest BCUT2D eigenvalue weighted by Gasteiger charge is 2.26. The van der Waals surface area contributed by atoms with Crippen molar-refractivity contribution in [1.29, 1.82) is 0 Å². The van der Waals surface area contributed by atoms with Gasteiger partial charge in [-0.25, -0.2) is 4.79 Å². The van der Waals surface area contributed by atoms with Crippen LogP contribution in [0.3, 0.4) is 0 Å². The number of hydrogen-bond acceptors (Lipinski definition) is 4. The normalized spacial score (nSPS) is 18.0. The molecule has 1 aromatic heterocycles. The Bertz CT molecular complexity index is 498. The topological polar surface area (TPSA) is 86.6 Å². The van der Waals surface area contributed by atoms with Gasteiger partial charge in [-0.3, -0.25) is 4.79 Å². The summed E-state index contributed by atoms with van der Waals surface area (Å²) in [5.74, 6) is -1.65. The van der Waals surface area contributed by atoms with Gasteiger partial charge >= 0.3 is 5.97 Å². The summed E-state index contributed by atoms with van der Waals surface area (Å²) in [5.41, 5.74) is 1.22. The number of carboxylic acid groups (broad SMARTS) is 1. The molecule has 1 aliphatic carbocycles. The molecule has 0 radical (unpaired) electrons. The third-order valence-corrected chi connectivity index (χ3v) is 4.99. The van der Waals surface area contributed by atoms with Crippen molar-refractivity contribution in [3.63, 3.8) is 0 Å². The molecule has 2 unspecified atom stereocenters. The first kappa shape index (κ1) is 16.0. The number of hydrogen-bond donors (Lipinski definition) is 3. The van der Waals surface area contributed by atoms with E-state index in [9.17, 15) is 14.7 Å². The number of carbonyl (C=O) groups excluding carboxylic acids is 1. The molecule has 2 rings (SSSR count). The van der Waals surface area contributed by atoms with Gasteiger partial charge in [0.1, 0.15) is 0 Å². The maximum Gasteiger partial charge on any atom is 0.328 e. The maximum atomic E-state index is 12.2. The second-order valence-electron chi connectivity index (χ2n) is 5.50. The third-order valence-electron chi connectivity index (χ3n) is 3.76. The Morgan fingerprint density at radius 3 is 2.52 bits per heavy atom. The summed E-state index contributed by atoms with van der Waals surface area (Å²) >= 11 is 1.44. The second-order valence-corrected chi connectivity index (χ2v) is 6.64. The fourth-order valence-corrected chi connectivity index (χ4v) is 3.71. The first-order valence-electron chi connectivity index (χ1n) is 7.32. The number of nitrogens with one attached hydrogen (secondary N) is 1. The van der Waals surface area contributed by atoms with Crippen LogP contribution in [0.4, 0.5) is 0 Å². The number of fused-ring (bicyclic) bond motifs is 1. The molecule has 0 bridgehead atoms. The molecule has 21 heavy (non-hydrogen) atoms. The molecule has 6 heteroatoms. The van der Waals surface area contributed by atoms with Crippen molar-refractivity contribution >= 4 is 23.2 Å². The lowest BCUT2D eigenvalue weighted by molar-refractivity contribution is -0.141. The van der Waals surface area contributed by atoms with Crippen LogP contribution in [0, 0.1) is 0 Å². The molecule has 1 amide bonds. The highest BCUT2D eigenvalue weighted by molar-refractivity contribution is 7.14. The molecule has 0 spiro atoms. The minimum absolute atomic E-state index is 0.417. The molecule has 1 heterocycles. The molecule has 0 saturated heterocycles. The van der Waals surface area contributed by atoms with Gasteiger partial charge in [0.05, 0.1) is 11.0 Å². The summed E-state index contributed by atoms with van der Waals surface area (Å²) in [5, 5.41) is 20.8. The molecule has 0 fully saturated rings. The van der Waals surface area contributed by atoms with Crippen LogP contribution in [0.1, 0.15) is 52.7 Å². The van der Waals surface area contributed by atoms with Crippen molar-refractivity contribution < 1.29 is 19.8 Å². The molecule has 3 N–H and O–H groups in total. The van der Waals surface area contributed by atoms with Gasteiger partial charge in [-0.1, -0.05) is 12.8 Å². The van der Waals surface area contributed by atoms with Gasteiger partial charge in [-0.2, -0.15) is 0 Å². The lowest BCUT2D eigenvalue weighted by atomic mass is 10.00. The molecule has 1 aromatic rings. The van der Waals surface area contributed by atoms with Crippen molar-refractivity contribution in [1.82, 2.24) is 5.32 Å². The fourth-order valence-electron chi connectivity index (χ4n) is 2.56. The molecular formula is C15H21NO4S. The number of aliphatic hydroxyl groups excluding tert-OH is 1. The van der Waals surface area contributed by atoms with Gasteiger partial charge in [-0.15, -0.1) is 11.3 Å². The first-order valence-corrected chi connectivity index (χ1v) is 8.14. The van der Waals surface area contributed by atoms with E-state index < -0.39 is 24.0 Å². The molecule has 2 atom stereocenters. The third kappa shape index (κ3) is 4.04. The minimum Gasteiger partial charge on any atom is -0.480 e. The Kier molecular flexibility index (Phi) is 5.36. The zero-order chi connectivity index (χ0) is 15.4. The summed E-state index contributed by atoms with van der Waals surface area (Å²) in [7, 11) is 0. The Balaban J connectivity index is 2.12. The summed E-state index contributed by atoms with van der Waals surface area (Å²) in [4.78, 5) is 25.0. The first-order chi connectivity index (χ1) is 9.99. The standard InChI is InChI=1S/C15H21NO4S/c1-9(17)13(15(19)20)16-14(18)12-8-10-6-4-2-3-5-7-11(10)21-12/h8-9,13,17H,2-7H2,1H3,(H,16,18)(H,19,20). The predicted octanol–water partition coefficient (Wildman–Crippen LogP) is 1.97. The second kappa shape index (κ2) is 7.04. The highest BCUT2D eigenvalue weighted by Crippen LogP contribution is 2.28. The number of aryl methyl sites for hydroxylation is 2. The Hall–Kier alpha value is -1.40. The Morgan fingerprint density at radius 1 is 1.24 bits per heavy atom. The van der Waals surface area contributed by atoms with E-state index in [1.807, 2.05) is 6.07 Å². The maximum absolute atomic E-state index is 12.2. The molecule has 0 saturated carbocycles. The van der Waals surface area contributed by atoms with E-state index in [0.717, 1.165) is 25.7 Å². The van der Waals surface area contributed by atoms with Crippen molar-refractivity contribution in [3.05, 3.63) is 21.4 Å². The number of amides is 1. The molecule has 1 aliphatic rings. The smallest absolute Gasteiger partial charge is 0.328 e. The van der Waals surface area contributed by atoms with E-state index in [1.165, 1.54) is 41.5 Å². The van der Waals surface area contributed by atoms with E-state index >= 15 is 0 Å². The molecule has 0 aromatic carbocycles. The number of thiophene rings is 1. The van der Waals surface area contributed by atoms with Gasteiger partial charge in [-0.05, 0) is 44.2 Å². The Morgan fingerprint density at radius 2 is 1.90 bits per heavy atom. The molecule has 5 nitrogen and oxygen atoms in total. The van der Waals surface area contributed by atoms with Crippen LogP contribution < -0.4 is 5.32 Å². The molecule has 0 aliphatic heterocycles. The van der Waals surface area contributed by atoms with Gasteiger partial charge < -0.3 is 15.5 Å². The average Bonchev–Trinajstić information content (AvgIpc) is 2.77. The van der Waals surface area contributed by atoms with Gasteiger partial charge in [0.25, 0.3) is 5.91 Å². The van der Waals surface area contributed by atoms with Crippen molar-refractivity contribution in [2.75, 3.05) is 0 Å². The number of aliphatic hydroxyl groups is 1. The largest absolute Gasteiger partial charge is 0.480 e. The van der Waals surface area contributed by atoms with Crippen molar-refractivity contribution in [2.24, 2.45) is 0 Å². The van der Waals surface area contributed by atoms with Crippen LogP contribution >= 0.6 is 11.3 Å². The van der Waals surface area contributed by atoms with Crippen LogP contribution in [0.15, 0.2) is 6.07 Å². The minimum atomic E-state index is -1.28. The van der Waals surface area contributed by atoms with E-state index in [-0.39, 0.29) is 0 Å². The lowest BCUT2D eigenvalue weighted by Gasteiger charge is -2.16. The van der Waals surface area contributed by atoms with Gasteiger partial charge in [0.15, 0.2) is 6.04 Å². The van der Waals surface area contributed by atoms with E-state index in [1.54, 1.807) is 0 Å². The summed E-state index contributed by atoms with van der Waals surface area (Å²) in [6, 6.07) is 0.601. The zero-order valence-electron chi connectivity index (χ0n) is 12.1. The SMILES string of the molecule is CC(O)C(NC(=O)c1cc2c(s1)CCCCCC2)C(=O)O. The van der Waals surface area contributed by atoms with Crippen LogP contribution in [0.2, 0.25) is 0 Å². The van der Waals surface area contributed by atoms with Crippen LogP contribution in [-0.4, -0.2) is 34.2 Å². The number of rotatable bonds is 4. The van der Waals surface area contributed by atoms with Crippen molar-refractivity contribution in [3.8, 4) is 0 Å². The quantitative estimate of drug-likeness (QED) is 0.793. The van der Waals surface area contributed by atoms with Crippen LogP contribution in [0.25, 0.3) is 0 Å². The molecular weight excluding hydrogens is 290 g/mol. The number of carbonyl (C=O) groups is 2. The Labute approximate surface area is 128 Å². The predicted molar refractivity (Wildman–Crippen MR) is 80.8 cm³/mol. The van der Waals surface area contributed by atoms with E-state index in [2.05, 4.69) is 5.32 Å². The van der Waals surface area contributed by atoms with Gasteiger partial charge in [0, 0.05) is 4.88 Å². The van der Waals surface area contributed by atoms with Crippen LogP contribution in [0.5, 0.6) is 0 Å². The van der Waals surface area contributed by atoms with E-state index in [4.69, 9.17) is 5.11 Å². The zero-order valence-corrected chi connectivity index (χ0v) is 12.9. The average molecular weight is 311 g/mol. The van der Waals surface area contributed by atoms with Gasteiger partial charge in [0.2, 0.25) is 0 Å². The summed E-state index contributed by atoms with van der Waals surface area (Å²) < 4.78 is 0. The number of aliphatic carboxylic acids is 1. The summed E-state index contributed by atoms with van der Waals surface area (Å²) in [6.07, 6.45) is 5.56. The highest BCUT2D eigenvalue weighted by atomic mass is 32.1. The number of carboxylic acids is 1. The monoisotopic (exact) mass is 311 g/mol. The molecule has 116 valence electrons.